The van der Waals surface area contributed by atoms with Crippen molar-refractivity contribution in [2.75, 3.05) is 30.3 Å². The van der Waals surface area contributed by atoms with Gasteiger partial charge in [-0.1, -0.05) is 6.92 Å². The molecular formula is C21H27N3O3. The fraction of sp³-hybridized carbons (Fsp3) is 0.429. The first-order valence-corrected chi connectivity index (χ1v) is 9.49. The van der Waals surface area contributed by atoms with E-state index in [0.717, 1.165) is 30.9 Å². The molecule has 1 aliphatic heterocycles. The van der Waals surface area contributed by atoms with E-state index in [1.54, 1.807) is 24.3 Å². The Morgan fingerprint density at radius 1 is 1.26 bits per heavy atom. The number of nitrogens with one attached hydrogen (secondary N) is 2. The number of amides is 2. The van der Waals surface area contributed by atoms with E-state index in [-0.39, 0.29) is 17.6 Å². The van der Waals surface area contributed by atoms with Crippen LogP contribution in [0.3, 0.4) is 0 Å². The molecule has 0 saturated carbocycles. The largest absolute Gasteiger partial charge is 0.459 e. The fourth-order valence-corrected chi connectivity index (χ4v) is 3.45. The highest BCUT2D eigenvalue weighted by Gasteiger charge is 2.17. The van der Waals surface area contributed by atoms with Crippen LogP contribution >= 0.6 is 0 Å². The Hall–Kier alpha value is -2.60. The maximum absolute atomic E-state index is 12.2. The lowest BCUT2D eigenvalue weighted by Gasteiger charge is -2.30. The number of piperidine rings is 1. The molecule has 6 heteroatoms. The number of furan rings is 1. The smallest absolute Gasteiger partial charge is 0.291 e. The van der Waals surface area contributed by atoms with Crippen molar-refractivity contribution in [3.05, 3.63) is 47.9 Å². The number of carbonyl (C=O) groups excluding carboxylic acids is 2. The van der Waals surface area contributed by atoms with Gasteiger partial charge in [0.15, 0.2) is 5.76 Å². The first kappa shape index (κ1) is 19.2. The monoisotopic (exact) mass is 369 g/mol. The second-order valence-electron chi connectivity index (χ2n) is 7.31. The van der Waals surface area contributed by atoms with E-state index in [1.165, 1.54) is 19.1 Å². The van der Waals surface area contributed by atoms with Gasteiger partial charge in [0.2, 0.25) is 5.91 Å². The summed E-state index contributed by atoms with van der Waals surface area (Å²) in [6, 6.07) is 8.73. The van der Waals surface area contributed by atoms with Gasteiger partial charge < -0.3 is 20.0 Å². The minimum absolute atomic E-state index is 0.0139. The molecular weight excluding hydrogens is 342 g/mol. The summed E-state index contributed by atoms with van der Waals surface area (Å²) in [7, 11) is 0. The van der Waals surface area contributed by atoms with Gasteiger partial charge >= 0.3 is 0 Å². The Bertz CT molecular complexity index is 786. The Labute approximate surface area is 159 Å². The lowest BCUT2D eigenvalue weighted by Crippen LogP contribution is -2.36. The first-order valence-electron chi connectivity index (χ1n) is 9.49. The van der Waals surface area contributed by atoms with E-state index >= 15 is 0 Å². The lowest BCUT2D eigenvalue weighted by molar-refractivity contribution is -0.116. The summed E-state index contributed by atoms with van der Waals surface area (Å²) in [5.41, 5.74) is 2.30. The van der Waals surface area contributed by atoms with E-state index in [9.17, 15) is 9.59 Å². The Morgan fingerprint density at radius 2 is 2.11 bits per heavy atom. The number of carbonyl (C=O) groups is 2. The van der Waals surface area contributed by atoms with Crippen molar-refractivity contribution in [1.82, 2.24) is 4.90 Å². The van der Waals surface area contributed by atoms with E-state index in [2.05, 4.69) is 22.5 Å². The molecule has 144 valence electrons. The minimum Gasteiger partial charge on any atom is -0.459 e. The second-order valence-corrected chi connectivity index (χ2v) is 7.31. The van der Waals surface area contributed by atoms with Crippen molar-refractivity contribution in [2.24, 2.45) is 5.92 Å². The molecule has 1 aromatic heterocycles. The van der Waals surface area contributed by atoms with Crippen LogP contribution in [-0.2, 0) is 4.79 Å². The molecule has 2 heterocycles. The number of aryl methyl sites for hydroxylation is 1. The molecule has 0 aliphatic carbocycles. The molecule has 3 rings (SSSR count). The third kappa shape index (κ3) is 5.44. The van der Waals surface area contributed by atoms with E-state index < -0.39 is 0 Å². The molecule has 2 N–H and O–H groups in total. The quantitative estimate of drug-likeness (QED) is 0.810. The van der Waals surface area contributed by atoms with Crippen LogP contribution in [0.2, 0.25) is 0 Å². The molecule has 1 unspecified atom stereocenters. The number of hydrogen-bond acceptors (Lipinski definition) is 4. The zero-order chi connectivity index (χ0) is 19.2. The molecule has 6 nitrogen and oxygen atoms in total. The van der Waals surface area contributed by atoms with Crippen molar-refractivity contribution in [3.63, 3.8) is 0 Å². The van der Waals surface area contributed by atoms with Gasteiger partial charge in [-0.3, -0.25) is 9.59 Å². The van der Waals surface area contributed by atoms with E-state index in [1.807, 2.05) is 13.0 Å². The highest BCUT2D eigenvalue weighted by molar-refractivity contribution is 6.02. The summed E-state index contributed by atoms with van der Waals surface area (Å²) < 4.78 is 5.09. The lowest BCUT2D eigenvalue weighted by atomic mass is 10.0. The molecule has 0 spiro atoms. The van der Waals surface area contributed by atoms with Crippen LogP contribution in [-0.4, -0.2) is 36.3 Å². The average molecular weight is 369 g/mol. The normalized spacial score (nSPS) is 17.5. The molecule has 2 aromatic rings. The minimum atomic E-state index is -0.296. The number of nitrogens with zero attached hydrogens (tertiary/aromatic N) is 1. The molecule has 27 heavy (non-hydrogen) atoms. The standard InChI is InChI=1S/C21H27N3O3/c1-15-5-3-10-24(14-15)11-9-20(25)22-17-7-8-18(16(2)13-17)23-21(26)19-6-4-12-27-19/h4,6-8,12-13,15H,3,5,9-11,14H2,1-2H3,(H,22,25)(H,23,26). The maximum Gasteiger partial charge on any atom is 0.291 e. The Balaban J connectivity index is 1.51. The third-order valence-electron chi connectivity index (χ3n) is 4.90. The second kappa shape index (κ2) is 8.86. The fourth-order valence-electron chi connectivity index (χ4n) is 3.45. The zero-order valence-corrected chi connectivity index (χ0v) is 16.0. The van der Waals surface area contributed by atoms with E-state index in [4.69, 9.17) is 4.42 Å². The van der Waals surface area contributed by atoms with Crippen molar-refractivity contribution in [1.29, 1.82) is 0 Å². The summed E-state index contributed by atoms with van der Waals surface area (Å²) in [6.45, 7) is 7.12. The molecule has 0 bridgehead atoms. The van der Waals surface area contributed by atoms with Gasteiger partial charge in [0, 0.05) is 30.9 Å². The maximum atomic E-state index is 12.2. The van der Waals surface area contributed by atoms with Crippen LogP contribution in [0, 0.1) is 12.8 Å². The van der Waals surface area contributed by atoms with Gasteiger partial charge in [0.05, 0.1) is 6.26 Å². The number of hydrogen-bond donors (Lipinski definition) is 2. The Kier molecular flexibility index (Phi) is 6.29. The topological polar surface area (TPSA) is 74.6 Å². The van der Waals surface area contributed by atoms with Crippen LogP contribution in [0.1, 0.15) is 42.3 Å². The number of rotatable bonds is 6. The molecule has 2 amide bonds. The van der Waals surface area contributed by atoms with Crippen LogP contribution in [0.4, 0.5) is 11.4 Å². The molecule has 1 fully saturated rings. The Morgan fingerprint density at radius 3 is 2.81 bits per heavy atom. The van der Waals surface area contributed by atoms with Crippen molar-refractivity contribution < 1.29 is 14.0 Å². The van der Waals surface area contributed by atoms with Gasteiger partial charge in [-0.2, -0.15) is 0 Å². The number of anilines is 2. The van der Waals surface area contributed by atoms with Crippen LogP contribution < -0.4 is 10.6 Å². The van der Waals surface area contributed by atoms with Crippen molar-refractivity contribution in [2.45, 2.75) is 33.1 Å². The molecule has 1 aromatic carbocycles. The highest BCUT2D eigenvalue weighted by Crippen LogP contribution is 2.21. The number of likely N-dealkylation sites (tertiary alicyclic amines) is 1. The first-order chi connectivity index (χ1) is 13.0. The third-order valence-corrected chi connectivity index (χ3v) is 4.90. The highest BCUT2D eigenvalue weighted by atomic mass is 16.3. The molecule has 1 saturated heterocycles. The van der Waals surface area contributed by atoms with Crippen LogP contribution in [0.5, 0.6) is 0 Å². The van der Waals surface area contributed by atoms with Gasteiger partial charge in [0.1, 0.15) is 0 Å². The van der Waals surface area contributed by atoms with Gasteiger partial charge in [-0.15, -0.1) is 0 Å². The van der Waals surface area contributed by atoms with Gasteiger partial charge in [-0.05, 0) is 68.1 Å². The molecule has 1 atom stereocenters. The molecule has 0 radical (unpaired) electrons. The van der Waals surface area contributed by atoms with Gasteiger partial charge in [0.25, 0.3) is 5.91 Å². The van der Waals surface area contributed by atoms with Crippen molar-refractivity contribution in [3.8, 4) is 0 Å². The van der Waals surface area contributed by atoms with Crippen LogP contribution in [0.15, 0.2) is 41.0 Å². The van der Waals surface area contributed by atoms with Crippen molar-refractivity contribution >= 4 is 23.2 Å². The SMILES string of the molecule is Cc1cc(NC(=O)CCN2CCCC(C)C2)ccc1NC(=O)c1ccco1. The summed E-state index contributed by atoms with van der Waals surface area (Å²) in [5.74, 6) is 0.697. The van der Waals surface area contributed by atoms with Gasteiger partial charge in [-0.25, -0.2) is 0 Å². The van der Waals surface area contributed by atoms with E-state index in [0.29, 0.717) is 18.0 Å². The average Bonchev–Trinajstić information content (AvgIpc) is 3.17. The molecule has 1 aliphatic rings. The van der Waals surface area contributed by atoms with Crippen LogP contribution in [0.25, 0.3) is 0 Å². The predicted molar refractivity (Wildman–Crippen MR) is 106 cm³/mol. The summed E-state index contributed by atoms with van der Waals surface area (Å²) in [5, 5.41) is 5.76. The number of benzene rings is 1. The summed E-state index contributed by atoms with van der Waals surface area (Å²) in [6.07, 6.45) is 4.45. The predicted octanol–water partition coefficient (Wildman–Crippen LogP) is 3.90. The summed E-state index contributed by atoms with van der Waals surface area (Å²) >= 11 is 0. The zero-order valence-electron chi connectivity index (χ0n) is 16.0. The summed E-state index contributed by atoms with van der Waals surface area (Å²) in [4.78, 5) is 26.7.